The van der Waals surface area contributed by atoms with Gasteiger partial charge in [-0.1, -0.05) is 6.07 Å². The highest BCUT2D eigenvalue weighted by Crippen LogP contribution is 2.14. The summed E-state index contributed by atoms with van der Waals surface area (Å²) in [5.41, 5.74) is 1.08. The number of piperazine rings is 1. The summed E-state index contributed by atoms with van der Waals surface area (Å²) >= 11 is 0. The summed E-state index contributed by atoms with van der Waals surface area (Å²) in [5, 5.41) is 11.2. The van der Waals surface area contributed by atoms with Gasteiger partial charge in [0.05, 0.1) is 0 Å². The van der Waals surface area contributed by atoms with E-state index in [1.165, 1.54) is 0 Å². The third-order valence-electron chi connectivity index (χ3n) is 3.82. The first kappa shape index (κ1) is 13.9. The van der Waals surface area contributed by atoms with Crippen molar-refractivity contribution in [2.24, 2.45) is 0 Å². The van der Waals surface area contributed by atoms with Crippen molar-refractivity contribution in [1.29, 1.82) is 0 Å². The molecule has 0 unspecified atom stereocenters. The molecule has 3 rings (SSSR count). The molecule has 0 aliphatic carbocycles. The number of aromatic nitrogens is 5. The van der Waals surface area contributed by atoms with Gasteiger partial charge in [0.15, 0.2) is 0 Å². The number of anilines is 1. The zero-order valence-electron chi connectivity index (χ0n) is 12.4. The molecule has 112 valence electrons. The van der Waals surface area contributed by atoms with Crippen LogP contribution in [0.25, 0.3) is 0 Å². The minimum absolute atomic E-state index is 0.882. The summed E-state index contributed by atoms with van der Waals surface area (Å²) < 4.78 is 1.78. The Labute approximate surface area is 124 Å². The summed E-state index contributed by atoms with van der Waals surface area (Å²) in [6.45, 7) is 8.28. The van der Waals surface area contributed by atoms with E-state index >= 15 is 0 Å². The fourth-order valence-corrected chi connectivity index (χ4v) is 2.64. The van der Waals surface area contributed by atoms with Crippen LogP contribution in [0.5, 0.6) is 0 Å². The van der Waals surface area contributed by atoms with Gasteiger partial charge < -0.3 is 4.90 Å². The van der Waals surface area contributed by atoms with Gasteiger partial charge in [-0.3, -0.25) is 4.90 Å². The predicted molar refractivity (Wildman–Crippen MR) is 80.1 cm³/mol. The van der Waals surface area contributed by atoms with Crippen LogP contribution in [-0.2, 0) is 6.54 Å². The molecule has 0 spiro atoms. The Morgan fingerprint density at radius 3 is 2.67 bits per heavy atom. The van der Waals surface area contributed by atoms with E-state index in [-0.39, 0.29) is 0 Å². The van der Waals surface area contributed by atoms with Gasteiger partial charge in [0, 0.05) is 45.0 Å². The van der Waals surface area contributed by atoms with Gasteiger partial charge in [0.25, 0.3) is 0 Å². The lowest BCUT2D eigenvalue weighted by atomic mass is 10.2. The van der Waals surface area contributed by atoms with Gasteiger partial charge in [-0.2, -0.15) is 0 Å². The number of pyridine rings is 1. The average Bonchev–Trinajstić information content (AvgIpc) is 3.01. The predicted octanol–water partition coefficient (Wildman–Crippen LogP) is 0.589. The van der Waals surface area contributed by atoms with Crippen molar-refractivity contribution < 1.29 is 0 Å². The Morgan fingerprint density at radius 1 is 1.10 bits per heavy atom. The summed E-state index contributed by atoms with van der Waals surface area (Å²) in [5.74, 6) is 1.10. The van der Waals surface area contributed by atoms with Crippen LogP contribution in [0.15, 0.2) is 24.5 Å². The lowest BCUT2D eigenvalue weighted by molar-refractivity contribution is 0.248. The van der Waals surface area contributed by atoms with Gasteiger partial charge in [-0.15, -0.1) is 5.10 Å². The second kappa shape index (κ2) is 6.62. The molecule has 2 aromatic heterocycles. The van der Waals surface area contributed by atoms with Crippen LogP contribution in [0.4, 0.5) is 5.82 Å². The van der Waals surface area contributed by atoms with E-state index in [1.807, 2.05) is 13.0 Å². The number of hydrogen-bond donors (Lipinski definition) is 0. The molecule has 0 N–H and O–H groups in total. The molecule has 0 radical (unpaired) electrons. The van der Waals surface area contributed by atoms with E-state index in [1.54, 1.807) is 11.0 Å². The Balaban J connectivity index is 1.42. The monoisotopic (exact) mass is 287 g/mol. The van der Waals surface area contributed by atoms with Crippen molar-refractivity contribution >= 4 is 5.82 Å². The van der Waals surface area contributed by atoms with E-state index in [0.717, 1.165) is 57.2 Å². The molecular formula is C14H21N7. The van der Waals surface area contributed by atoms with Crippen LogP contribution < -0.4 is 4.90 Å². The standard InChI is InChI=1S/C14H21N7/c1-13-4-2-5-14(16-13)20-10-8-19(9-11-20)6-3-7-21-12-15-17-18-21/h2,4-5,12H,3,6-11H2,1H3. The van der Waals surface area contributed by atoms with Crippen molar-refractivity contribution in [3.05, 3.63) is 30.2 Å². The molecule has 0 saturated carbocycles. The zero-order valence-corrected chi connectivity index (χ0v) is 12.4. The van der Waals surface area contributed by atoms with Crippen molar-refractivity contribution in [2.45, 2.75) is 19.9 Å². The largest absolute Gasteiger partial charge is 0.354 e. The first-order valence-electron chi connectivity index (χ1n) is 7.43. The van der Waals surface area contributed by atoms with Crippen LogP contribution >= 0.6 is 0 Å². The van der Waals surface area contributed by atoms with Crippen molar-refractivity contribution in [1.82, 2.24) is 30.1 Å². The highest BCUT2D eigenvalue weighted by molar-refractivity contribution is 5.39. The quantitative estimate of drug-likeness (QED) is 0.802. The molecule has 0 amide bonds. The normalized spacial score (nSPS) is 16.3. The van der Waals surface area contributed by atoms with Gasteiger partial charge in [-0.05, 0) is 35.9 Å². The molecule has 1 fully saturated rings. The maximum Gasteiger partial charge on any atom is 0.138 e. The van der Waals surface area contributed by atoms with Crippen LogP contribution in [0, 0.1) is 6.92 Å². The molecule has 1 aliphatic heterocycles. The number of aryl methyl sites for hydroxylation is 2. The Bertz CT molecular complexity index is 546. The maximum atomic E-state index is 4.60. The summed E-state index contributed by atoms with van der Waals surface area (Å²) in [4.78, 5) is 9.46. The molecular weight excluding hydrogens is 266 g/mol. The van der Waals surface area contributed by atoms with Gasteiger partial charge in [-0.25, -0.2) is 9.67 Å². The molecule has 1 aliphatic rings. The summed E-state index contributed by atoms with van der Waals surface area (Å²) in [6, 6.07) is 6.22. The Morgan fingerprint density at radius 2 is 1.95 bits per heavy atom. The van der Waals surface area contributed by atoms with E-state index in [2.05, 4.69) is 42.4 Å². The fraction of sp³-hybridized carbons (Fsp3) is 0.571. The number of rotatable bonds is 5. The number of hydrogen-bond acceptors (Lipinski definition) is 6. The van der Waals surface area contributed by atoms with Crippen molar-refractivity contribution in [3.8, 4) is 0 Å². The van der Waals surface area contributed by atoms with Crippen molar-refractivity contribution in [3.63, 3.8) is 0 Å². The molecule has 21 heavy (non-hydrogen) atoms. The maximum absolute atomic E-state index is 4.60. The summed E-state index contributed by atoms with van der Waals surface area (Å²) in [7, 11) is 0. The zero-order chi connectivity index (χ0) is 14.5. The second-order valence-corrected chi connectivity index (χ2v) is 5.39. The Hall–Kier alpha value is -2.02. The van der Waals surface area contributed by atoms with Gasteiger partial charge in [0.2, 0.25) is 0 Å². The summed E-state index contributed by atoms with van der Waals surface area (Å²) in [6.07, 6.45) is 2.75. The van der Waals surface area contributed by atoms with E-state index < -0.39 is 0 Å². The lowest BCUT2D eigenvalue weighted by Crippen LogP contribution is -2.47. The molecule has 1 saturated heterocycles. The third kappa shape index (κ3) is 3.75. The fourth-order valence-electron chi connectivity index (χ4n) is 2.64. The minimum atomic E-state index is 0.882. The van der Waals surface area contributed by atoms with Crippen LogP contribution in [-0.4, -0.2) is 62.8 Å². The van der Waals surface area contributed by atoms with Gasteiger partial charge in [0.1, 0.15) is 12.1 Å². The van der Waals surface area contributed by atoms with E-state index in [4.69, 9.17) is 0 Å². The third-order valence-corrected chi connectivity index (χ3v) is 3.82. The second-order valence-electron chi connectivity index (χ2n) is 5.39. The number of tetrazole rings is 1. The first-order valence-corrected chi connectivity index (χ1v) is 7.43. The van der Waals surface area contributed by atoms with Gasteiger partial charge >= 0.3 is 0 Å². The molecule has 0 aromatic carbocycles. The Kier molecular flexibility index (Phi) is 4.40. The first-order chi connectivity index (χ1) is 10.3. The lowest BCUT2D eigenvalue weighted by Gasteiger charge is -2.35. The van der Waals surface area contributed by atoms with Crippen molar-refractivity contribution in [2.75, 3.05) is 37.6 Å². The topological polar surface area (TPSA) is 63.0 Å². The molecule has 2 aromatic rings. The highest BCUT2D eigenvalue weighted by Gasteiger charge is 2.17. The molecule has 7 nitrogen and oxygen atoms in total. The highest BCUT2D eigenvalue weighted by atomic mass is 15.5. The van der Waals surface area contributed by atoms with Crippen LogP contribution in [0.2, 0.25) is 0 Å². The molecule has 3 heterocycles. The minimum Gasteiger partial charge on any atom is -0.354 e. The van der Waals surface area contributed by atoms with Crippen LogP contribution in [0.3, 0.4) is 0 Å². The molecule has 7 heteroatoms. The molecule has 0 bridgehead atoms. The van der Waals surface area contributed by atoms with E-state index in [0.29, 0.717) is 0 Å². The number of nitrogens with zero attached hydrogens (tertiary/aromatic N) is 7. The van der Waals surface area contributed by atoms with E-state index in [9.17, 15) is 0 Å². The molecule has 0 atom stereocenters. The average molecular weight is 287 g/mol. The SMILES string of the molecule is Cc1cccc(N2CCN(CCCn3cnnn3)CC2)n1. The smallest absolute Gasteiger partial charge is 0.138 e. The van der Waals surface area contributed by atoms with Crippen LogP contribution in [0.1, 0.15) is 12.1 Å².